The molecule has 1 saturated carbocycles. The Morgan fingerprint density at radius 1 is 1.06 bits per heavy atom. The van der Waals surface area contributed by atoms with Gasteiger partial charge in [0.25, 0.3) is 0 Å². The zero-order valence-corrected chi connectivity index (χ0v) is 21.5. The zero-order valence-electron chi connectivity index (χ0n) is 19.9. The summed E-state index contributed by atoms with van der Waals surface area (Å²) in [5.74, 6) is 0.897. The Hall–Kier alpha value is -3.12. The number of halogens is 1. The maximum atomic E-state index is 13.3. The molecule has 2 aromatic carbocycles. The van der Waals surface area contributed by atoms with E-state index >= 15 is 0 Å². The van der Waals surface area contributed by atoms with E-state index in [2.05, 4.69) is 25.6 Å². The number of benzene rings is 2. The van der Waals surface area contributed by atoms with E-state index in [9.17, 15) is 4.79 Å². The predicted molar refractivity (Wildman–Crippen MR) is 144 cm³/mol. The van der Waals surface area contributed by atoms with Gasteiger partial charge in [0.15, 0.2) is 0 Å². The summed E-state index contributed by atoms with van der Waals surface area (Å²) in [6, 6.07) is 21.9. The second-order valence-electron chi connectivity index (χ2n) is 9.15. The molecule has 0 saturated heterocycles. The Labute approximate surface area is 214 Å². The lowest BCUT2D eigenvalue weighted by atomic mass is 9.95. The normalized spacial score (nSPS) is 15.1. The van der Waals surface area contributed by atoms with E-state index < -0.39 is 0 Å². The summed E-state index contributed by atoms with van der Waals surface area (Å²) in [6.45, 7) is 2.01. The summed E-state index contributed by atoms with van der Waals surface area (Å²) >= 11 is 3.60. The second kappa shape index (κ2) is 10.6. The van der Waals surface area contributed by atoms with Crippen LogP contribution in [0.2, 0.25) is 0 Å². The Morgan fingerprint density at radius 3 is 2.57 bits per heavy atom. The molecule has 35 heavy (non-hydrogen) atoms. The molecule has 0 bridgehead atoms. The number of para-hydroxylation sites is 1. The van der Waals surface area contributed by atoms with Crippen LogP contribution in [0.4, 0.5) is 5.82 Å². The van der Waals surface area contributed by atoms with Crippen molar-refractivity contribution in [1.29, 1.82) is 0 Å². The highest BCUT2D eigenvalue weighted by Gasteiger charge is 2.25. The van der Waals surface area contributed by atoms with Crippen molar-refractivity contribution < 1.29 is 9.53 Å². The van der Waals surface area contributed by atoms with Crippen LogP contribution >= 0.6 is 15.9 Å². The van der Waals surface area contributed by atoms with Crippen molar-refractivity contribution in [1.82, 2.24) is 9.38 Å². The third-order valence-electron chi connectivity index (χ3n) is 6.78. The van der Waals surface area contributed by atoms with E-state index in [0.717, 1.165) is 45.6 Å². The van der Waals surface area contributed by atoms with Crippen LogP contribution in [0.25, 0.3) is 16.9 Å². The predicted octanol–water partition coefficient (Wildman–Crippen LogP) is 7.61. The van der Waals surface area contributed by atoms with Gasteiger partial charge in [0, 0.05) is 22.3 Å². The first kappa shape index (κ1) is 23.6. The molecule has 6 heteroatoms. The second-order valence-corrected chi connectivity index (χ2v) is 10.1. The van der Waals surface area contributed by atoms with E-state index in [0.29, 0.717) is 18.2 Å². The highest BCUT2D eigenvalue weighted by atomic mass is 79.9. The Morgan fingerprint density at radius 2 is 1.80 bits per heavy atom. The number of carbonyl (C=O) groups is 1. The van der Waals surface area contributed by atoms with Gasteiger partial charge in [0.2, 0.25) is 0 Å². The van der Waals surface area contributed by atoms with E-state index in [1.165, 1.54) is 19.3 Å². The van der Waals surface area contributed by atoms with Crippen LogP contribution in [0.15, 0.2) is 77.4 Å². The number of ether oxygens (including phenoxy) is 1. The molecule has 1 unspecified atom stereocenters. The fourth-order valence-corrected chi connectivity index (χ4v) is 5.28. The molecule has 0 aliphatic heterocycles. The van der Waals surface area contributed by atoms with Gasteiger partial charge < -0.3 is 10.1 Å². The highest BCUT2D eigenvalue weighted by molar-refractivity contribution is 9.10. The number of hydrogen-bond acceptors (Lipinski definition) is 4. The molecule has 0 amide bonds. The molecule has 1 aliphatic carbocycles. The topological polar surface area (TPSA) is 55.6 Å². The Bertz CT molecular complexity index is 1310. The van der Waals surface area contributed by atoms with Gasteiger partial charge in [-0.3, -0.25) is 9.20 Å². The van der Waals surface area contributed by atoms with Crippen LogP contribution in [0, 0.1) is 0 Å². The number of rotatable bonds is 7. The fraction of sp³-hybridized carbons (Fsp3) is 0.310. The number of aromatic nitrogens is 2. The molecule has 0 radical (unpaired) electrons. The van der Waals surface area contributed by atoms with Crippen LogP contribution in [-0.2, 0) is 4.79 Å². The molecular formula is C29H30BrN3O2. The molecule has 5 rings (SSSR count). The third-order valence-corrected chi connectivity index (χ3v) is 7.24. The van der Waals surface area contributed by atoms with Crippen molar-refractivity contribution >= 4 is 33.4 Å². The van der Waals surface area contributed by atoms with E-state index in [1.54, 1.807) is 0 Å². The van der Waals surface area contributed by atoms with Gasteiger partial charge in [-0.25, -0.2) is 4.98 Å². The van der Waals surface area contributed by atoms with Crippen molar-refractivity contribution in [3.05, 3.63) is 83.0 Å². The number of carbonyl (C=O) groups excluding carboxylic acids is 1. The standard InChI is InChI=1S/C29H30BrN3O2/c1-2-23(20-11-5-3-6-12-20)29(34)35-25-16-10-9-15-24(25)27-28(31-22-13-7-4-8-14-22)33-19-21(30)17-18-26(33)32-27/h3,5-6,9-12,15-19,22-23,31H,2,4,7-8,13-14H2,1H3. The first-order chi connectivity index (χ1) is 17.1. The molecule has 4 aromatic rings. The minimum Gasteiger partial charge on any atom is -0.425 e. The molecule has 2 heterocycles. The van der Waals surface area contributed by atoms with Gasteiger partial charge >= 0.3 is 5.97 Å². The van der Waals surface area contributed by atoms with Gasteiger partial charge in [-0.05, 0) is 65.0 Å². The summed E-state index contributed by atoms with van der Waals surface area (Å²) in [5, 5.41) is 3.78. The van der Waals surface area contributed by atoms with Gasteiger partial charge in [-0.15, -0.1) is 0 Å². The quantitative estimate of drug-likeness (QED) is 0.197. The molecule has 1 fully saturated rings. The van der Waals surface area contributed by atoms with Crippen molar-refractivity contribution in [2.75, 3.05) is 5.32 Å². The smallest absolute Gasteiger partial charge is 0.318 e. The summed E-state index contributed by atoms with van der Waals surface area (Å²) in [5.41, 5.74) is 3.42. The Kier molecular flexibility index (Phi) is 7.19. The average Bonchev–Trinajstić information content (AvgIpc) is 3.23. The number of imidazole rings is 1. The van der Waals surface area contributed by atoms with Crippen LogP contribution in [-0.4, -0.2) is 21.4 Å². The lowest BCUT2D eigenvalue weighted by Crippen LogP contribution is -2.23. The first-order valence-corrected chi connectivity index (χ1v) is 13.2. The molecule has 5 nitrogen and oxygen atoms in total. The van der Waals surface area contributed by atoms with Crippen molar-refractivity contribution in [3.63, 3.8) is 0 Å². The molecule has 1 N–H and O–H groups in total. The SMILES string of the molecule is CCC(C(=O)Oc1ccccc1-c1nc2ccc(Br)cn2c1NC1CCCCC1)c1ccccc1. The van der Waals surface area contributed by atoms with E-state index in [4.69, 9.17) is 9.72 Å². The number of pyridine rings is 1. The summed E-state index contributed by atoms with van der Waals surface area (Å²) in [7, 11) is 0. The van der Waals surface area contributed by atoms with Crippen molar-refractivity contribution in [2.45, 2.75) is 57.4 Å². The maximum Gasteiger partial charge on any atom is 0.318 e. The molecule has 2 aromatic heterocycles. The summed E-state index contributed by atoms with van der Waals surface area (Å²) in [4.78, 5) is 18.2. The lowest BCUT2D eigenvalue weighted by molar-refractivity contribution is -0.136. The lowest BCUT2D eigenvalue weighted by Gasteiger charge is -2.24. The Balaban J connectivity index is 1.53. The molecule has 1 aliphatic rings. The van der Waals surface area contributed by atoms with Crippen LogP contribution in [0.3, 0.4) is 0 Å². The van der Waals surface area contributed by atoms with Crippen molar-refractivity contribution in [3.8, 4) is 17.0 Å². The fourth-order valence-electron chi connectivity index (χ4n) is 4.94. The van der Waals surface area contributed by atoms with Gasteiger partial charge in [-0.1, -0.05) is 68.7 Å². The number of nitrogens with zero attached hydrogens (tertiary/aromatic N) is 2. The average molecular weight is 532 g/mol. The monoisotopic (exact) mass is 531 g/mol. The largest absolute Gasteiger partial charge is 0.425 e. The summed E-state index contributed by atoms with van der Waals surface area (Å²) < 4.78 is 9.12. The van der Waals surface area contributed by atoms with Crippen LogP contribution in [0.1, 0.15) is 56.9 Å². The van der Waals surface area contributed by atoms with Crippen molar-refractivity contribution in [2.24, 2.45) is 0 Å². The number of esters is 1. The first-order valence-electron chi connectivity index (χ1n) is 12.4. The van der Waals surface area contributed by atoms with Crippen LogP contribution in [0.5, 0.6) is 5.75 Å². The van der Waals surface area contributed by atoms with E-state index in [-0.39, 0.29) is 11.9 Å². The molecule has 1 atom stereocenters. The number of anilines is 1. The molecule has 180 valence electrons. The minimum atomic E-state index is -0.318. The van der Waals surface area contributed by atoms with Gasteiger partial charge in [-0.2, -0.15) is 0 Å². The molecule has 0 spiro atoms. The number of hydrogen-bond donors (Lipinski definition) is 1. The zero-order chi connectivity index (χ0) is 24.2. The van der Waals surface area contributed by atoms with E-state index in [1.807, 2.05) is 79.9 Å². The number of fused-ring (bicyclic) bond motifs is 1. The summed E-state index contributed by atoms with van der Waals surface area (Å²) in [6.07, 6.45) is 8.76. The van der Waals surface area contributed by atoms with Gasteiger partial charge in [0.1, 0.15) is 22.9 Å². The van der Waals surface area contributed by atoms with Gasteiger partial charge in [0.05, 0.1) is 5.92 Å². The molecular weight excluding hydrogens is 502 g/mol. The highest BCUT2D eigenvalue weighted by Crippen LogP contribution is 2.38. The minimum absolute atomic E-state index is 0.251. The van der Waals surface area contributed by atoms with Crippen LogP contribution < -0.4 is 10.1 Å². The number of nitrogens with one attached hydrogen (secondary N) is 1. The maximum absolute atomic E-state index is 13.3. The third kappa shape index (κ3) is 5.13.